The van der Waals surface area contributed by atoms with E-state index >= 15 is 0 Å². The molecule has 0 bridgehead atoms. The zero-order chi connectivity index (χ0) is 15.9. The number of aliphatic hydroxyl groups is 1. The van der Waals surface area contributed by atoms with Crippen molar-refractivity contribution in [1.29, 1.82) is 0 Å². The highest BCUT2D eigenvalue weighted by atomic mass is 16.3. The number of hydrogen-bond acceptors (Lipinski definition) is 2. The first-order valence-electron chi connectivity index (χ1n) is 7.75. The normalized spacial score (nSPS) is 12.8. The van der Waals surface area contributed by atoms with E-state index in [1.54, 1.807) is 0 Å². The van der Waals surface area contributed by atoms with E-state index in [2.05, 4.69) is 45.0 Å². The van der Waals surface area contributed by atoms with Crippen LogP contribution in [-0.4, -0.2) is 14.5 Å². The van der Waals surface area contributed by atoms with Crippen LogP contribution in [0.3, 0.4) is 0 Å². The molecule has 1 atom stereocenters. The maximum Gasteiger partial charge on any atom is 0.138 e. The lowest BCUT2D eigenvalue weighted by Gasteiger charge is -2.12. The van der Waals surface area contributed by atoms with Crippen molar-refractivity contribution >= 4 is 5.65 Å². The van der Waals surface area contributed by atoms with Crippen molar-refractivity contribution in [3.8, 4) is 11.3 Å². The van der Waals surface area contributed by atoms with Crippen molar-refractivity contribution in [2.24, 2.45) is 0 Å². The molecule has 22 heavy (non-hydrogen) atoms. The first kappa shape index (κ1) is 14.8. The number of imidazole rings is 1. The van der Waals surface area contributed by atoms with E-state index in [4.69, 9.17) is 4.98 Å². The van der Waals surface area contributed by atoms with Gasteiger partial charge >= 0.3 is 0 Å². The summed E-state index contributed by atoms with van der Waals surface area (Å²) in [4.78, 5) is 4.81. The lowest BCUT2D eigenvalue weighted by Crippen LogP contribution is -2.02. The molecule has 1 N–H and O–H groups in total. The van der Waals surface area contributed by atoms with E-state index in [1.165, 1.54) is 16.7 Å². The number of aryl methyl sites for hydroxylation is 3. The lowest BCUT2D eigenvalue weighted by molar-refractivity contribution is 0.168. The van der Waals surface area contributed by atoms with Gasteiger partial charge in [-0.1, -0.05) is 30.7 Å². The maximum atomic E-state index is 10.5. The summed E-state index contributed by atoms with van der Waals surface area (Å²) in [5, 5.41) is 10.5. The Hall–Kier alpha value is -2.13. The van der Waals surface area contributed by atoms with Gasteiger partial charge in [-0.25, -0.2) is 4.98 Å². The van der Waals surface area contributed by atoms with Gasteiger partial charge in [-0.15, -0.1) is 0 Å². The van der Waals surface area contributed by atoms with Gasteiger partial charge in [0.25, 0.3) is 0 Å². The molecule has 0 amide bonds. The molecule has 3 rings (SSSR count). The van der Waals surface area contributed by atoms with Crippen LogP contribution in [0.4, 0.5) is 0 Å². The van der Waals surface area contributed by atoms with Crippen molar-refractivity contribution in [3.05, 3.63) is 58.9 Å². The lowest BCUT2D eigenvalue weighted by atomic mass is 10.00. The second-order valence-corrected chi connectivity index (χ2v) is 6.02. The van der Waals surface area contributed by atoms with Gasteiger partial charge in [0, 0.05) is 11.8 Å². The largest absolute Gasteiger partial charge is 0.387 e. The predicted molar refractivity (Wildman–Crippen MR) is 90.1 cm³/mol. The Morgan fingerprint density at radius 3 is 2.50 bits per heavy atom. The molecule has 1 unspecified atom stereocenters. The SMILES string of the molecule is CCC(O)c1c(-c2ccc(C)cc2C)nc2cc(C)ccn12. The van der Waals surface area contributed by atoms with Crippen molar-refractivity contribution in [2.45, 2.75) is 40.2 Å². The third kappa shape index (κ3) is 2.42. The summed E-state index contributed by atoms with van der Waals surface area (Å²) in [7, 11) is 0. The fraction of sp³-hybridized carbons (Fsp3) is 0.316. The molecule has 2 aromatic heterocycles. The summed E-state index contributed by atoms with van der Waals surface area (Å²) in [6.45, 7) is 8.23. The molecular formula is C19H22N2O. The second kappa shape index (κ2) is 5.58. The maximum absolute atomic E-state index is 10.5. The van der Waals surface area contributed by atoms with Gasteiger partial charge in [0.2, 0.25) is 0 Å². The molecule has 3 heteroatoms. The summed E-state index contributed by atoms with van der Waals surface area (Å²) < 4.78 is 2.01. The van der Waals surface area contributed by atoms with Crippen molar-refractivity contribution < 1.29 is 5.11 Å². The summed E-state index contributed by atoms with van der Waals surface area (Å²) in [5.41, 5.74) is 7.33. The Kier molecular flexibility index (Phi) is 3.75. The summed E-state index contributed by atoms with van der Waals surface area (Å²) >= 11 is 0. The minimum Gasteiger partial charge on any atom is -0.387 e. The molecular weight excluding hydrogens is 272 g/mol. The van der Waals surface area contributed by atoms with Crippen LogP contribution in [0.5, 0.6) is 0 Å². The third-order valence-corrected chi connectivity index (χ3v) is 4.16. The number of aromatic nitrogens is 2. The molecule has 1 aromatic carbocycles. The number of rotatable bonds is 3. The van der Waals surface area contributed by atoms with Crippen LogP contribution >= 0.6 is 0 Å². The van der Waals surface area contributed by atoms with Crippen LogP contribution in [0.25, 0.3) is 16.9 Å². The molecule has 0 saturated carbocycles. The topological polar surface area (TPSA) is 37.5 Å². The van der Waals surface area contributed by atoms with Crippen LogP contribution in [0, 0.1) is 20.8 Å². The Balaban J connectivity index is 2.32. The molecule has 3 nitrogen and oxygen atoms in total. The molecule has 0 aliphatic rings. The first-order valence-corrected chi connectivity index (χ1v) is 7.75. The minimum absolute atomic E-state index is 0.520. The van der Waals surface area contributed by atoms with Gasteiger partial charge in [-0.2, -0.15) is 0 Å². The Labute approximate surface area is 131 Å². The average Bonchev–Trinajstić information content (AvgIpc) is 2.84. The number of benzene rings is 1. The van der Waals surface area contributed by atoms with Gasteiger partial charge < -0.3 is 9.51 Å². The van der Waals surface area contributed by atoms with Crippen LogP contribution in [0.2, 0.25) is 0 Å². The van der Waals surface area contributed by atoms with Gasteiger partial charge in [0.05, 0.1) is 17.5 Å². The molecule has 0 fully saturated rings. The monoisotopic (exact) mass is 294 g/mol. The van der Waals surface area contributed by atoms with Crippen LogP contribution in [-0.2, 0) is 0 Å². The van der Waals surface area contributed by atoms with E-state index in [1.807, 2.05) is 23.6 Å². The average molecular weight is 294 g/mol. The fourth-order valence-corrected chi connectivity index (χ4v) is 2.95. The van der Waals surface area contributed by atoms with Crippen LogP contribution < -0.4 is 0 Å². The number of pyridine rings is 1. The van der Waals surface area contributed by atoms with E-state index in [0.717, 1.165) is 22.6 Å². The van der Waals surface area contributed by atoms with Crippen molar-refractivity contribution in [3.63, 3.8) is 0 Å². The van der Waals surface area contributed by atoms with Gasteiger partial charge in [0.15, 0.2) is 0 Å². The van der Waals surface area contributed by atoms with Gasteiger partial charge in [-0.3, -0.25) is 0 Å². The molecule has 3 aromatic rings. The van der Waals surface area contributed by atoms with E-state index in [0.29, 0.717) is 6.42 Å². The molecule has 0 aliphatic carbocycles. The van der Waals surface area contributed by atoms with E-state index in [9.17, 15) is 5.11 Å². The predicted octanol–water partition coefficient (Wildman–Crippen LogP) is 4.37. The van der Waals surface area contributed by atoms with Crippen LogP contribution in [0.1, 0.15) is 41.8 Å². The van der Waals surface area contributed by atoms with Gasteiger partial charge in [0.1, 0.15) is 5.65 Å². The zero-order valence-corrected chi connectivity index (χ0v) is 13.6. The Morgan fingerprint density at radius 2 is 1.82 bits per heavy atom. The summed E-state index contributed by atoms with van der Waals surface area (Å²) in [6, 6.07) is 10.5. The van der Waals surface area contributed by atoms with Gasteiger partial charge in [-0.05, 0) is 50.5 Å². The minimum atomic E-state index is -0.520. The summed E-state index contributed by atoms with van der Waals surface area (Å²) in [6.07, 6.45) is 2.15. The third-order valence-electron chi connectivity index (χ3n) is 4.16. The number of fused-ring (bicyclic) bond motifs is 1. The number of hydrogen-bond donors (Lipinski definition) is 1. The van der Waals surface area contributed by atoms with Crippen LogP contribution in [0.15, 0.2) is 36.5 Å². The highest BCUT2D eigenvalue weighted by molar-refractivity contribution is 5.70. The second-order valence-electron chi connectivity index (χ2n) is 6.02. The quantitative estimate of drug-likeness (QED) is 0.779. The molecule has 114 valence electrons. The number of aliphatic hydroxyl groups excluding tert-OH is 1. The van der Waals surface area contributed by atoms with Crippen molar-refractivity contribution in [2.75, 3.05) is 0 Å². The molecule has 2 heterocycles. The molecule has 0 saturated heterocycles. The van der Waals surface area contributed by atoms with E-state index < -0.39 is 6.10 Å². The molecule has 0 aliphatic heterocycles. The first-order chi connectivity index (χ1) is 10.5. The fourth-order valence-electron chi connectivity index (χ4n) is 2.95. The standard InChI is InChI=1S/C19H22N2O/c1-5-16(22)19-18(15-7-6-12(2)10-14(15)4)20-17-11-13(3)8-9-21(17)19/h6-11,16,22H,5H2,1-4H3. The Bertz CT molecular complexity index is 833. The molecule has 0 radical (unpaired) electrons. The molecule has 0 spiro atoms. The highest BCUT2D eigenvalue weighted by Gasteiger charge is 2.20. The summed E-state index contributed by atoms with van der Waals surface area (Å²) in [5.74, 6) is 0. The Morgan fingerprint density at radius 1 is 1.09 bits per heavy atom. The zero-order valence-electron chi connectivity index (χ0n) is 13.6. The van der Waals surface area contributed by atoms with Crippen molar-refractivity contribution in [1.82, 2.24) is 9.38 Å². The smallest absolute Gasteiger partial charge is 0.138 e. The highest BCUT2D eigenvalue weighted by Crippen LogP contribution is 2.32. The number of nitrogens with zero attached hydrogens (tertiary/aromatic N) is 2. The van der Waals surface area contributed by atoms with E-state index in [-0.39, 0.29) is 0 Å².